The van der Waals surface area contributed by atoms with Crippen LogP contribution >= 0.6 is 11.8 Å². The molecule has 2 rings (SSSR count). The van der Waals surface area contributed by atoms with E-state index >= 15 is 0 Å². The highest BCUT2D eigenvalue weighted by atomic mass is 32.2. The molecule has 1 aromatic rings. The van der Waals surface area contributed by atoms with Gasteiger partial charge in [0, 0.05) is 30.8 Å². The van der Waals surface area contributed by atoms with Gasteiger partial charge in [0.1, 0.15) is 5.75 Å². The predicted molar refractivity (Wildman–Crippen MR) is 101 cm³/mol. The van der Waals surface area contributed by atoms with Crippen LogP contribution in [-0.2, 0) is 0 Å². The molecule has 0 amide bonds. The molecule has 0 bridgehead atoms. The fourth-order valence-corrected chi connectivity index (χ4v) is 3.56. The van der Waals surface area contributed by atoms with Gasteiger partial charge < -0.3 is 15.4 Å². The van der Waals surface area contributed by atoms with Gasteiger partial charge in [0.05, 0.1) is 6.61 Å². The molecule has 0 saturated heterocycles. The van der Waals surface area contributed by atoms with E-state index < -0.39 is 0 Å². The van der Waals surface area contributed by atoms with E-state index in [1.807, 2.05) is 42.1 Å². The molecule has 0 spiro atoms. The maximum atomic E-state index is 5.70. The molecule has 1 fully saturated rings. The zero-order valence-corrected chi connectivity index (χ0v) is 15.1. The van der Waals surface area contributed by atoms with Crippen LogP contribution in [0.1, 0.15) is 32.6 Å². The highest BCUT2D eigenvalue weighted by molar-refractivity contribution is 7.99. The maximum absolute atomic E-state index is 5.70. The Balaban J connectivity index is 1.69. The third-order valence-corrected chi connectivity index (χ3v) is 5.08. The number of para-hydroxylation sites is 1. The third-order valence-electron chi connectivity index (χ3n) is 3.99. The predicted octanol–water partition coefficient (Wildman–Crippen LogP) is 3.29. The molecule has 1 aliphatic rings. The van der Waals surface area contributed by atoms with E-state index in [-0.39, 0.29) is 0 Å². The van der Waals surface area contributed by atoms with Crippen LogP contribution in [-0.4, -0.2) is 43.2 Å². The highest BCUT2D eigenvalue weighted by Gasteiger charge is 2.24. The normalized spacial score (nSPS) is 21.2. The Kier molecular flexibility index (Phi) is 8.15. The molecule has 0 aromatic heterocycles. The minimum absolute atomic E-state index is 0.561. The molecule has 0 heterocycles. The molecule has 4 nitrogen and oxygen atoms in total. The fraction of sp³-hybridized carbons (Fsp3) is 0.611. The number of hydrogen-bond donors (Lipinski definition) is 2. The van der Waals surface area contributed by atoms with Gasteiger partial charge in [0.2, 0.25) is 0 Å². The Bertz CT molecular complexity index is 467. The first-order chi connectivity index (χ1) is 11.3. The molecule has 2 atom stereocenters. The quantitative estimate of drug-likeness (QED) is 0.435. The summed E-state index contributed by atoms with van der Waals surface area (Å²) in [6, 6.07) is 10.5. The standard InChI is InChI=1S/C18H29N3OS/c1-3-19-18(21-15-10-11-17(14-15)23-2)20-12-7-13-22-16-8-5-4-6-9-16/h4-6,8-9,15,17H,3,7,10-14H2,1-2H3,(H2,19,20,21). The van der Waals surface area contributed by atoms with Crippen molar-refractivity contribution in [3.8, 4) is 5.75 Å². The van der Waals surface area contributed by atoms with Crippen LogP contribution in [0.25, 0.3) is 0 Å². The smallest absolute Gasteiger partial charge is 0.191 e. The maximum Gasteiger partial charge on any atom is 0.191 e. The first-order valence-electron chi connectivity index (χ1n) is 8.57. The molecule has 128 valence electrons. The SMILES string of the molecule is CCNC(=NCCCOc1ccccc1)NC1CCC(SC)C1. The lowest BCUT2D eigenvalue weighted by atomic mass is 10.2. The van der Waals surface area contributed by atoms with Crippen molar-refractivity contribution < 1.29 is 4.74 Å². The van der Waals surface area contributed by atoms with Crippen molar-refractivity contribution >= 4 is 17.7 Å². The summed E-state index contributed by atoms with van der Waals surface area (Å²) in [7, 11) is 0. The van der Waals surface area contributed by atoms with E-state index in [0.29, 0.717) is 12.6 Å². The van der Waals surface area contributed by atoms with Crippen LogP contribution in [0.2, 0.25) is 0 Å². The molecule has 0 radical (unpaired) electrons. The third kappa shape index (κ3) is 6.73. The second-order valence-corrected chi connectivity index (χ2v) is 6.93. The second kappa shape index (κ2) is 10.4. The van der Waals surface area contributed by atoms with Crippen molar-refractivity contribution in [2.75, 3.05) is 26.0 Å². The summed E-state index contributed by atoms with van der Waals surface area (Å²) in [6.07, 6.45) is 6.92. The number of aliphatic imine (C=N–C) groups is 1. The molecule has 1 aliphatic carbocycles. The van der Waals surface area contributed by atoms with E-state index in [1.54, 1.807) is 0 Å². The Hall–Kier alpha value is -1.36. The minimum Gasteiger partial charge on any atom is -0.494 e. The minimum atomic E-state index is 0.561. The summed E-state index contributed by atoms with van der Waals surface area (Å²) in [6.45, 7) is 4.48. The van der Waals surface area contributed by atoms with Crippen LogP contribution < -0.4 is 15.4 Å². The topological polar surface area (TPSA) is 45.7 Å². The molecule has 2 N–H and O–H groups in total. The summed E-state index contributed by atoms with van der Waals surface area (Å²) >= 11 is 1.98. The van der Waals surface area contributed by atoms with Gasteiger partial charge in [0.25, 0.3) is 0 Å². The number of benzene rings is 1. The molecule has 0 aliphatic heterocycles. The van der Waals surface area contributed by atoms with Gasteiger partial charge in [-0.2, -0.15) is 11.8 Å². The molecule has 1 aromatic carbocycles. The number of ether oxygens (including phenoxy) is 1. The average Bonchev–Trinajstić information content (AvgIpc) is 3.03. The number of guanidine groups is 1. The van der Waals surface area contributed by atoms with Crippen LogP contribution in [0.15, 0.2) is 35.3 Å². The Morgan fingerprint density at radius 2 is 2.13 bits per heavy atom. The summed E-state index contributed by atoms with van der Waals surface area (Å²) in [5, 5.41) is 7.72. The van der Waals surface area contributed by atoms with Crippen molar-refractivity contribution in [2.45, 2.75) is 43.9 Å². The summed E-state index contributed by atoms with van der Waals surface area (Å²) in [4.78, 5) is 4.67. The molecular formula is C18H29N3OS. The molecule has 1 saturated carbocycles. The Labute approximate surface area is 144 Å². The Morgan fingerprint density at radius 1 is 1.30 bits per heavy atom. The number of rotatable bonds is 8. The lowest BCUT2D eigenvalue weighted by molar-refractivity contribution is 0.313. The molecule has 2 unspecified atom stereocenters. The van der Waals surface area contributed by atoms with Crippen molar-refractivity contribution in [1.29, 1.82) is 0 Å². The number of hydrogen-bond acceptors (Lipinski definition) is 3. The molecule has 5 heteroatoms. The Morgan fingerprint density at radius 3 is 2.83 bits per heavy atom. The van der Waals surface area contributed by atoms with E-state index in [1.165, 1.54) is 19.3 Å². The largest absolute Gasteiger partial charge is 0.494 e. The lowest BCUT2D eigenvalue weighted by Gasteiger charge is -2.17. The second-order valence-electron chi connectivity index (χ2n) is 5.79. The van der Waals surface area contributed by atoms with Gasteiger partial charge >= 0.3 is 0 Å². The first kappa shape index (κ1) is 18.0. The zero-order chi connectivity index (χ0) is 16.3. The number of thioether (sulfide) groups is 1. The average molecular weight is 336 g/mol. The van der Waals surface area contributed by atoms with Crippen LogP contribution in [0.5, 0.6) is 5.75 Å². The van der Waals surface area contributed by atoms with Gasteiger partial charge in [-0.15, -0.1) is 0 Å². The van der Waals surface area contributed by atoms with Gasteiger partial charge in [0.15, 0.2) is 5.96 Å². The van der Waals surface area contributed by atoms with Crippen LogP contribution in [0.3, 0.4) is 0 Å². The number of nitrogens with one attached hydrogen (secondary N) is 2. The van der Waals surface area contributed by atoms with E-state index in [9.17, 15) is 0 Å². The lowest BCUT2D eigenvalue weighted by Crippen LogP contribution is -2.42. The summed E-state index contributed by atoms with van der Waals surface area (Å²) < 4.78 is 5.70. The van der Waals surface area contributed by atoms with Crippen molar-refractivity contribution in [3.05, 3.63) is 30.3 Å². The fourth-order valence-electron chi connectivity index (χ4n) is 2.76. The molecule has 23 heavy (non-hydrogen) atoms. The summed E-state index contributed by atoms with van der Waals surface area (Å²) in [5.41, 5.74) is 0. The van der Waals surface area contributed by atoms with Crippen molar-refractivity contribution in [3.63, 3.8) is 0 Å². The van der Waals surface area contributed by atoms with Gasteiger partial charge in [-0.25, -0.2) is 0 Å². The van der Waals surface area contributed by atoms with E-state index in [2.05, 4.69) is 28.8 Å². The number of nitrogens with zero attached hydrogens (tertiary/aromatic N) is 1. The highest BCUT2D eigenvalue weighted by Crippen LogP contribution is 2.27. The summed E-state index contributed by atoms with van der Waals surface area (Å²) in [5.74, 6) is 1.87. The van der Waals surface area contributed by atoms with Crippen LogP contribution in [0, 0.1) is 0 Å². The van der Waals surface area contributed by atoms with Gasteiger partial charge in [-0.1, -0.05) is 18.2 Å². The monoisotopic (exact) mass is 335 g/mol. The molecular weight excluding hydrogens is 306 g/mol. The van der Waals surface area contributed by atoms with Crippen molar-refractivity contribution in [2.24, 2.45) is 4.99 Å². The van der Waals surface area contributed by atoms with E-state index in [4.69, 9.17) is 4.74 Å². The van der Waals surface area contributed by atoms with E-state index in [0.717, 1.165) is 36.5 Å². The van der Waals surface area contributed by atoms with Gasteiger partial charge in [-0.3, -0.25) is 4.99 Å². The first-order valence-corrected chi connectivity index (χ1v) is 9.86. The van der Waals surface area contributed by atoms with Gasteiger partial charge in [-0.05, 0) is 44.6 Å². The van der Waals surface area contributed by atoms with Crippen molar-refractivity contribution in [1.82, 2.24) is 10.6 Å². The van der Waals surface area contributed by atoms with Crippen LogP contribution in [0.4, 0.5) is 0 Å². The zero-order valence-electron chi connectivity index (χ0n) is 14.3.